The molecule has 106 valence electrons. The van der Waals surface area contributed by atoms with Crippen molar-refractivity contribution in [2.75, 3.05) is 0 Å². The summed E-state index contributed by atoms with van der Waals surface area (Å²) >= 11 is 9.82. The van der Waals surface area contributed by atoms with E-state index >= 15 is 0 Å². The van der Waals surface area contributed by atoms with Crippen molar-refractivity contribution < 1.29 is 0 Å². The summed E-state index contributed by atoms with van der Waals surface area (Å²) in [6, 6.07) is 10.4. The van der Waals surface area contributed by atoms with Crippen LogP contribution in [-0.4, -0.2) is 0 Å². The summed E-state index contributed by atoms with van der Waals surface area (Å²) < 4.78 is 0. The van der Waals surface area contributed by atoms with Gasteiger partial charge in [-0.2, -0.15) is 0 Å². The topological polar surface area (TPSA) is 0 Å². The number of rotatable bonds is 3. The second-order valence-corrected chi connectivity index (χ2v) is 7.01. The molecule has 20 heavy (non-hydrogen) atoms. The summed E-state index contributed by atoms with van der Waals surface area (Å²) in [6.07, 6.45) is 0.974. The summed E-state index contributed by atoms with van der Waals surface area (Å²) in [5.41, 5.74) is 8.24. The van der Waals surface area contributed by atoms with E-state index in [0.717, 1.165) is 11.4 Å². The van der Waals surface area contributed by atoms with Crippen molar-refractivity contribution in [1.82, 2.24) is 0 Å². The molecule has 0 nitrogen and oxygen atoms in total. The van der Waals surface area contributed by atoms with Gasteiger partial charge < -0.3 is 0 Å². The van der Waals surface area contributed by atoms with Gasteiger partial charge in [-0.3, -0.25) is 0 Å². The van der Waals surface area contributed by atoms with Crippen LogP contribution in [0.5, 0.6) is 0 Å². The van der Waals surface area contributed by atoms with Gasteiger partial charge in [-0.25, -0.2) is 0 Å². The van der Waals surface area contributed by atoms with Gasteiger partial charge in [-0.1, -0.05) is 45.7 Å². The molecule has 0 aromatic heterocycles. The van der Waals surface area contributed by atoms with Crippen molar-refractivity contribution in [3.63, 3.8) is 0 Å². The zero-order chi connectivity index (χ0) is 14.9. The van der Waals surface area contributed by atoms with Crippen LogP contribution in [0.1, 0.15) is 38.2 Å². The second kappa shape index (κ2) is 6.32. The summed E-state index contributed by atoms with van der Waals surface area (Å²) in [4.78, 5) is 0.335. The van der Waals surface area contributed by atoms with E-state index < -0.39 is 0 Å². The van der Waals surface area contributed by atoms with Crippen LogP contribution in [0.25, 0.3) is 0 Å². The highest BCUT2D eigenvalue weighted by atomic mass is 79.9. The number of alkyl halides is 1. The van der Waals surface area contributed by atoms with E-state index in [0.29, 0.717) is 4.83 Å². The van der Waals surface area contributed by atoms with Gasteiger partial charge in [0.1, 0.15) is 0 Å². The van der Waals surface area contributed by atoms with Crippen LogP contribution in [0.2, 0.25) is 5.02 Å². The molecule has 0 radical (unpaired) electrons. The number of benzene rings is 2. The maximum Gasteiger partial charge on any atom is 0.0441 e. The van der Waals surface area contributed by atoms with Crippen molar-refractivity contribution in [1.29, 1.82) is 0 Å². The molecule has 0 fully saturated rings. The van der Waals surface area contributed by atoms with E-state index in [2.05, 4.69) is 61.8 Å². The minimum Gasteiger partial charge on any atom is -0.0843 e. The van der Waals surface area contributed by atoms with Gasteiger partial charge in [0.2, 0.25) is 0 Å². The molecule has 0 aliphatic rings. The monoisotopic (exact) mass is 350 g/mol. The van der Waals surface area contributed by atoms with Gasteiger partial charge >= 0.3 is 0 Å². The first-order valence-corrected chi connectivity index (χ1v) is 8.15. The molecule has 2 aromatic rings. The number of aryl methyl sites for hydroxylation is 2. The van der Waals surface area contributed by atoms with Crippen LogP contribution in [-0.2, 0) is 6.42 Å². The molecule has 0 saturated carbocycles. The lowest BCUT2D eigenvalue weighted by Gasteiger charge is -2.20. The Bertz CT molecular complexity index is 588. The highest BCUT2D eigenvalue weighted by molar-refractivity contribution is 9.09. The molecule has 0 aliphatic carbocycles. The Labute approximate surface area is 135 Å². The lowest BCUT2D eigenvalue weighted by molar-refractivity contribution is 0.919. The first kappa shape index (κ1) is 15.6. The van der Waals surface area contributed by atoms with Gasteiger partial charge in [0.25, 0.3) is 0 Å². The second-order valence-electron chi connectivity index (χ2n) is 5.47. The largest absolute Gasteiger partial charge is 0.0843 e. The molecule has 0 spiro atoms. The molecular formula is C18H20BrCl. The highest BCUT2D eigenvalue weighted by Gasteiger charge is 2.16. The molecular weight excluding hydrogens is 332 g/mol. The first-order chi connectivity index (χ1) is 9.40. The lowest BCUT2D eigenvalue weighted by atomic mass is 9.90. The molecule has 1 atom stereocenters. The van der Waals surface area contributed by atoms with E-state index in [1.807, 2.05) is 12.1 Å². The molecule has 0 heterocycles. The number of halogens is 2. The van der Waals surface area contributed by atoms with E-state index in [4.69, 9.17) is 11.6 Å². The van der Waals surface area contributed by atoms with E-state index in [9.17, 15) is 0 Å². The third kappa shape index (κ3) is 3.27. The third-order valence-corrected chi connectivity index (χ3v) is 5.10. The van der Waals surface area contributed by atoms with Gasteiger partial charge in [-0.15, -0.1) is 0 Å². The summed E-state index contributed by atoms with van der Waals surface area (Å²) in [5.74, 6) is 0. The number of hydrogen-bond donors (Lipinski definition) is 0. The van der Waals surface area contributed by atoms with Crippen LogP contribution in [0.4, 0.5) is 0 Å². The minimum atomic E-state index is 0.335. The molecule has 2 aromatic carbocycles. The standard InChI is InChI=1S/C18H20BrCl/c1-11-9-12(2)14(4)18(13(11)3)17(19)10-15-5-7-16(20)8-6-15/h5-9,17H,10H2,1-4H3. The normalized spacial score (nSPS) is 12.5. The molecule has 2 rings (SSSR count). The van der Waals surface area contributed by atoms with E-state index in [1.54, 1.807) is 0 Å². The van der Waals surface area contributed by atoms with Crippen LogP contribution < -0.4 is 0 Å². The molecule has 1 unspecified atom stereocenters. The zero-order valence-electron chi connectivity index (χ0n) is 12.4. The highest BCUT2D eigenvalue weighted by Crippen LogP contribution is 2.35. The van der Waals surface area contributed by atoms with Crippen LogP contribution in [0.3, 0.4) is 0 Å². The van der Waals surface area contributed by atoms with Crippen LogP contribution in [0, 0.1) is 27.7 Å². The fourth-order valence-electron chi connectivity index (χ4n) is 2.65. The Morgan fingerprint density at radius 3 is 1.95 bits per heavy atom. The summed E-state index contributed by atoms with van der Waals surface area (Å²) in [5, 5.41) is 0.790. The van der Waals surface area contributed by atoms with Crippen LogP contribution >= 0.6 is 27.5 Å². The lowest BCUT2D eigenvalue weighted by Crippen LogP contribution is -2.04. The van der Waals surface area contributed by atoms with Crippen molar-refractivity contribution in [2.45, 2.75) is 38.9 Å². The Hall–Kier alpha value is -0.790. The van der Waals surface area contributed by atoms with Gasteiger partial charge in [0.05, 0.1) is 0 Å². The molecule has 0 bridgehead atoms. The predicted octanol–water partition coefficient (Wildman–Crippen LogP) is 6.25. The average molecular weight is 352 g/mol. The fourth-order valence-corrected chi connectivity index (χ4v) is 3.83. The fraction of sp³-hybridized carbons (Fsp3) is 0.333. The van der Waals surface area contributed by atoms with Gasteiger partial charge in [0.15, 0.2) is 0 Å². The zero-order valence-corrected chi connectivity index (χ0v) is 14.8. The molecule has 0 aliphatic heterocycles. The smallest absolute Gasteiger partial charge is 0.0441 e. The third-order valence-electron chi connectivity index (χ3n) is 4.07. The van der Waals surface area contributed by atoms with Crippen molar-refractivity contribution in [3.8, 4) is 0 Å². The van der Waals surface area contributed by atoms with Crippen molar-refractivity contribution >= 4 is 27.5 Å². The molecule has 0 amide bonds. The van der Waals surface area contributed by atoms with Crippen molar-refractivity contribution in [2.24, 2.45) is 0 Å². The Morgan fingerprint density at radius 1 is 0.950 bits per heavy atom. The minimum absolute atomic E-state index is 0.335. The molecule has 0 N–H and O–H groups in total. The Morgan fingerprint density at radius 2 is 1.45 bits per heavy atom. The van der Waals surface area contributed by atoms with E-state index in [1.165, 1.54) is 33.4 Å². The molecule has 2 heteroatoms. The quantitative estimate of drug-likeness (QED) is 0.573. The average Bonchev–Trinajstić information content (AvgIpc) is 2.39. The van der Waals surface area contributed by atoms with Crippen molar-refractivity contribution in [3.05, 3.63) is 68.7 Å². The first-order valence-electron chi connectivity index (χ1n) is 6.86. The maximum atomic E-state index is 5.95. The SMILES string of the molecule is Cc1cc(C)c(C)c(C(Br)Cc2ccc(Cl)cc2)c1C. The van der Waals surface area contributed by atoms with Gasteiger partial charge in [-0.05, 0) is 79.6 Å². The number of hydrogen-bond acceptors (Lipinski definition) is 0. The summed E-state index contributed by atoms with van der Waals surface area (Å²) in [6.45, 7) is 8.81. The predicted molar refractivity (Wildman–Crippen MR) is 92.2 cm³/mol. The molecule has 0 saturated heterocycles. The maximum absolute atomic E-state index is 5.95. The summed E-state index contributed by atoms with van der Waals surface area (Å²) in [7, 11) is 0. The van der Waals surface area contributed by atoms with Crippen LogP contribution in [0.15, 0.2) is 30.3 Å². The van der Waals surface area contributed by atoms with E-state index in [-0.39, 0.29) is 0 Å². The Balaban J connectivity index is 2.34. The van der Waals surface area contributed by atoms with Gasteiger partial charge in [0, 0.05) is 9.85 Å². The Kier molecular flexibility index (Phi) is 4.93.